The van der Waals surface area contributed by atoms with Crippen LogP contribution in [0, 0.1) is 5.82 Å². The van der Waals surface area contributed by atoms with Crippen molar-refractivity contribution in [2.45, 2.75) is 32.2 Å². The number of methoxy groups -OCH3 is 1. The van der Waals surface area contributed by atoms with Gasteiger partial charge in [-0.25, -0.2) is 9.37 Å². The summed E-state index contributed by atoms with van der Waals surface area (Å²) in [5.74, 6) is 0.555. The molecule has 1 aromatic carbocycles. The Kier molecular flexibility index (Phi) is 3.48. The van der Waals surface area contributed by atoms with Crippen molar-refractivity contribution in [3.05, 3.63) is 23.8 Å². The van der Waals surface area contributed by atoms with Crippen molar-refractivity contribution in [3.63, 3.8) is 0 Å². The number of alkyl halides is 1. The van der Waals surface area contributed by atoms with Crippen LogP contribution in [0.15, 0.2) is 12.1 Å². The fraction of sp³-hybridized carbons (Fsp3) is 0.462. The summed E-state index contributed by atoms with van der Waals surface area (Å²) < 4.78 is 20.7. The number of benzene rings is 1. The number of imidazole rings is 1. The molecule has 0 aliphatic carbocycles. The first-order valence-electron chi connectivity index (χ1n) is 5.85. The normalized spacial score (nSPS) is 13.3. The van der Waals surface area contributed by atoms with Crippen molar-refractivity contribution in [2.75, 3.05) is 7.11 Å². The van der Waals surface area contributed by atoms with E-state index in [0.717, 1.165) is 11.3 Å². The zero-order chi connectivity index (χ0) is 13.4. The molecule has 2 aromatic rings. The highest BCUT2D eigenvalue weighted by Gasteiger charge is 2.19. The third kappa shape index (κ3) is 2.05. The lowest BCUT2D eigenvalue weighted by atomic mass is 10.2. The van der Waals surface area contributed by atoms with Gasteiger partial charge in [-0.1, -0.05) is 0 Å². The molecule has 0 amide bonds. The highest BCUT2D eigenvalue weighted by Crippen LogP contribution is 2.31. The highest BCUT2D eigenvalue weighted by molar-refractivity contribution is 6.20. The van der Waals surface area contributed by atoms with E-state index in [9.17, 15) is 4.39 Å². The molecule has 0 saturated carbocycles. The molecule has 1 aromatic heterocycles. The van der Waals surface area contributed by atoms with Gasteiger partial charge < -0.3 is 9.30 Å². The first-order chi connectivity index (χ1) is 8.45. The number of hydrogen-bond donors (Lipinski definition) is 0. The molecule has 0 fully saturated rings. The summed E-state index contributed by atoms with van der Waals surface area (Å²) in [5, 5.41) is -0.228. The van der Waals surface area contributed by atoms with Gasteiger partial charge in [0.1, 0.15) is 5.82 Å². The van der Waals surface area contributed by atoms with E-state index in [1.807, 2.05) is 25.3 Å². The predicted molar refractivity (Wildman–Crippen MR) is 70.9 cm³/mol. The molecular formula is C13H16ClFN2O. The average molecular weight is 271 g/mol. The number of hydrogen-bond acceptors (Lipinski definition) is 2. The summed E-state index contributed by atoms with van der Waals surface area (Å²) in [6, 6.07) is 3.25. The number of rotatable bonds is 3. The molecule has 0 radical (unpaired) electrons. The van der Waals surface area contributed by atoms with Crippen molar-refractivity contribution in [1.82, 2.24) is 9.55 Å². The second-order valence-electron chi connectivity index (χ2n) is 4.53. The van der Waals surface area contributed by atoms with Crippen LogP contribution in [0.2, 0.25) is 0 Å². The minimum Gasteiger partial charge on any atom is -0.494 e. The second kappa shape index (κ2) is 4.76. The van der Waals surface area contributed by atoms with E-state index < -0.39 is 5.82 Å². The van der Waals surface area contributed by atoms with Crippen LogP contribution in [0.25, 0.3) is 11.0 Å². The van der Waals surface area contributed by atoms with Crippen LogP contribution in [0.1, 0.15) is 38.0 Å². The van der Waals surface area contributed by atoms with Crippen molar-refractivity contribution < 1.29 is 9.13 Å². The topological polar surface area (TPSA) is 27.1 Å². The third-order valence-corrected chi connectivity index (χ3v) is 3.06. The van der Waals surface area contributed by atoms with E-state index in [-0.39, 0.29) is 17.2 Å². The first-order valence-corrected chi connectivity index (χ1v) is 6.28. The summed E-state index contributed by atoms with van der Waals surface area (Å²) in [6.07, 6.45) is 0. The van der Waals surface area contributed by atoms with Gasteiger partial charge in [0.15, 0.2) is 11.6 Å². The molecule has 0 aliphatic heterocycles. The maximum Gasteiger partial charge on any atom is 0.167 e. The van der Waals surface area contributed by atoms with Gasteiger partial charge in [-0.15, -0.1) is 11.6 Å². The van der Waals surface area contributed by atoms with Crippen molar-refractivity contribution >= 4 is 22.6 Å². The zero-order valence-electron chi connectivity index (χ0n) is 10.9. The fourth-order valence-corrected chi connectivity index (χ4v) is 2.25. The van der Waals surface area contributed by atoms with E-state index in [1.54, 1.807) is 6.07 Å². The molecule has 2 rings (SSSR count). The Balaban J connectivity index is 2.78. The van der Waals surface area contributed by atoms with Crippen LogP contribution < -0.4 is 4.74 Å². The lowest BCUT2D eigenvalue weighted by Gasteiger charge is -2.14. The Labute approximate surface area is 111 Å². The lowest BCUT2D eigenvalue weighted by molar-refractivity contribution is 0.387. The monoisotopic (exact) mass is 270 g/mol. The number of halogens is 2. The van der Waals surface area contributed by atoms with Gasteiger partial charge in [0.05, 0.1) is 23.5 Å². The van der Waals surface area contributed by atoms with Crippen molar-refractivity contribution in [3.8, 4) is 5.75 Å². The number of nitrogens with zero attached hydrogens (tertiary/aromatic N) is 2. The zero-order valence-corrected chi connectivity index (χ0v) is 11.6. The van der Waals surface area contributed by atoms with Crippen LogP contribution in [-0.4, -0.2) is 16.7 Å². The third-order valence-electron chi connectivity index (χ3n) is 2.86. The molecule has 0 saturated heterocycles. The van der Waals surface area contributed by atoms with Gasteiger partial charge in [-0.2, -0.15) is 0 Å². The summed E-state index contributed by atoms with van der Waals surface area (Å²) in [4.78, 5) is 4.41. The molecule has 18 heavy (non-hydrogen) atoms. The largest absolute Gasteiger partial charge is 0.494 e. The maximum absolute atomic E-state index is 13.7. The van der Waals surface area contributed by atoms with Gasteiger partial charge in [0.2, 0.25) is 0 Å². The quantitative estimate of drug-likeness (QED) is 0.786. The predicted octanol–water partition coefficient (Wildman–Crippen LogP) is 4.06. The smallest absolute Gasteiger partial charge is 0.167 e. The lowest BCUT2D eigenvalue weighted by Crippen LogP contribution is -2.06. The second-order valence-corrected chi connectivity index (χ2v) is 5.18. The highest BCUT2D eigenvalue weighted by atomic mass is 35.5. The van der Waals surface area contributed by atoms with Crippen LogP contribution in [0.5, 0.6) is 5.75 Å². The Morgan fingerprint density at radius 1 is 1.33 bits per heavy atom. The van der Waals surface area contributed by atoms with Gasteiger partial charge in [-0.05, 0) is 20.8 Å². The SMILES string of the molecule is COc1cc2c(cc1F)nc(C(C)Cl)n2C(C)C. The van der Waals surface area contributed by atoms with Gasteiger partial charge in [0.25, 0.3) is 0 Å². The summed E-state index contributed by atoms with van der Waals surface area (Å²) in [5.41, 5.74) is 1.44. The first kappa shape index (κ1) is 13.1. The van der Waals surface area contributed by atoms with E-state index in [4.69, 9.17) is 16.3 Å². The average Bonchev–Trinajstić information content (AvgIpc) is 2.66. The molecule has 98 valence electrons. The minimum absolute atomic E-state index is 0.196. The maximum atomic E-state index is 13.7. The van der Waals surface area contributed by atoms with E-state index in [2.05, 4.69) is 4.98 Å². The van der Waals surface area contributed by atoms with Crippen molar-refractivity contribution in [1.29, 1.82) is 0 Å². The fourth-order valence-electron chi connectivity index (χ4n) is 2.10. The summed E-state index contributed by atoms with van der Waals surface area (Å²) >= 11 is 6.13. The molecule has 0 bridgehead atoms. The molecular weight excluding hydrogens is 255 g/mol. The molecule has 0 spiro atoms. The van der Waals surface area contributed by atoms with Crippen LogP contribution >= 0.6 is 11.6 Å². The van der Waals surface area contributed by atoms with E-state index in [0.29, 0.717) is 5.52 Å². The minimum atomic E-state index is -0.410. The Morgan fingerprint density at radius 2 is 2.00 bits per heavy atom. The standard InChI is InChI=1S/C13H16ClFN2O/c1-7(2)17-11-6-12(18-4)9(15)5-10(11)16-13(17)8(3)14/h5-8H,1-4H3. The summed E-state index contributed by atoms with van der Waals surface area (Å²) in [7, 11) is 1.45. The molecule has 0 aliphatic rings. The number of ether oxygens (including phenoxy) is 1. The Hall–Kier alpha value is -1.29. The molecule has 1 heterocycles. The molecule has 1 atom stereocenters. The number of fused-ring (bicyclic) bond motifs is 1. The van der Waals surface area contributed by atoms with E-state index >= 15 is 0 Å². The molecule has 0 N–H and O–H groups in total. The van der Waals surface area contributed by atoms with Gasteiger partial charge in [0, 0.05) is 18.2 Å². The van der Waals surface area contributed by atoms with Crippen molar-refractivity contribution in [2.24, 2.45) is 0 Å². The van der Waals surface area contributed by atoms with Gasteiger partial charge in [-0.3, -0.25) is 0 Å². The van der Waals surface area contributed by atoms with Crippen LogP contribution in [0.3, 0.4) is 0 Å². The van der Waals surface area contributed by atoms with Gasteiger partial charge >= 0.3 is 0 Å². The Morgan fingerprint density at radius 3 is 2.50 bits per heavy atom. The summed E-state index contributed by atoms with van der Waals surface area (Å²) in [6.45, 7) is 5.94. The molecule has 1 unspecified atom stereocenters. The molecule has 3 nitrogen and oxygen atoms in total. The van der Waals surface area contributed by atoms with E-state index in [1.165, 1.54) is 13.2 Å². The van der Waals surface area contributed by atoms with Crippen LogP contribution in [0.4, 0.5) is 4.39 Å². The van der Waals surface area contributed by atoms with Crippen LogP contribution in [-0.2, 0) is 0 Å². The number of aromatic nitrogens is 2. The Bertz CT molecular complexity index is 578. The molecule has 5 heteroatoms.